The van der Waals surface area contributed by atoms with Crippen LogP contribution in [0.1, 0.15) is 43.7 Å². The van der Waals surface area contributed by atoms with Gasteiger partial charge >= 0.3 is 0 Å². The second-order valence-corrected chi connectivity index (χ2v) is 7.33. The minimum atomic E-state index is -0.121. The highest BCUT2D eigenvalue weighted by Gasteiger charge is 2.20. The molecule has 1 aromatic carbocycles. The van der Waals surface area contributed by atoms with Gasteiger partial charge in [-0.2, -0.15) is 4.98 Å². The highest BCUT2D eigenvalue weighted by molar-refractivity contribution is 7.99. The minimum Gasteiger partial charge on any atom is -0.338 e. The number of hydrogen-bond acceptors (Lipinski definition) is 6. The third kappa shape index (κ3) is 3.51. The molecule has 3 aromatic rings. The van der Waals surface area contributed by atoms with Gasteiger partial charge in [0.1, 0.15) is 0 Å². The van der Waals surface area contributed by atoms with Gasteiger partial charge in [-0.15, -0.1) is 6.58 Å². The van der Waals surface area contributed by atoms with E-state index < -0.39 is 0 Å². The van der Waals surface area contributed by atoms with Crippen LogP contribution in [0.3, 0.4) is 0 Å². The summed E-state index contributed by atoms with van der Waals surface area (Å²) in [5.41, 5.74) is 0.601. The van der Waals surface area contributed by atoms with Crippen molar-refractivity contribution in [2.24, 2.45) is 0 Å². The molecule has 0 bridgehead atoms. The van der Waals surface area contributed by atoms with Crippen molar-refractivity contribution in [1.29, 1.82) is 0 Å². The highest BCUT2D eigenvalue weighted by Crippen LogP contribution is 2.33. The monoisotopic (exact) mass is 356 g/mol. The lowest BCUT2D eigenvalue weighted by Gasteiger charge is -2.13. The standard InChI is InChI=1S/C18H20N4O2S/c1-5-10-22-17(23)13-8-6-7-9-14(13)19-18(22)25-12(4)16-20-15(11(2)3)21-24-16/h5-9,11-12H,1,10H2,2-4H3. The molecule has 0 aliphatic heterocycles. The number of fused-ring (bicyclic) bond motifs is 1. The van der Waals surface area contributed by atoms with Gasteiger partial charge in [0.15, 0.2) is 11.0 Å². The van der Waals surface area contributed by atoms with Crippen LogP contribution in [0.2, 0.25) is 0 Å². The molecule has 0 aliphatic rings. The van der Waals surface area contributed by atoms with E-state index in [9.17, 15) is 4.79 Å². The predicted octanol–water partition coefficient (Wildman–Crippen LogP) is 3.94. The Morgan fingerprint density at radius 2 is 2.04 bits per heavy atom. The second-order valence-electron chi connectivity index (χ2n) is 6.02. The Morgan fingerprint density at radius 1 is 1.28 bits per heavy atom. The third-order valence-electron chi connectivity index (χ3n) is 3.74. The Bertz CT molecular complexity index is 961. The summed E-state index contributed by atoms with van der Waals surface area (Å²) < 4.78 is 6.98. The summed E-state index contributed by atoms with van der Waals surface area (Å²) in [7, 11) is 0. The average molecular weight is 356 g/mol. The first-order valence-corrected chi connectivity index (χ1v) is 9.00. The topological polar surface area (TPSA) is 73.8 Å². The molecule has 1 unspecified atom stereocenters. The van der Waals surface area contributed by atoms with Gasteiger partial charge in [0.25, 0.3) is 5.56 Å². The number of rotatable bonds is 6. The lowest BCUT2D eigenvalue weighted by atomic mass is 10.2. The Morgan fingerprint density at radius 3 is 2.72 bits per heavy atom. The molecular formula is C18H20N4O2S. The Balaban J connectivity index is 2.00. The molecule has 6 nitrogen and oxygen atoms in total. The molecule has 25 heavy (non-hydrogen) atoms. The maximum atomic E-state index is 12.8. The number of allylic oxidation sites excluding steroid dienone is 1. The molecule has 2 aromatic heterocycles. The highest BCUT2D eigenvalue weighted by atomic mass is 32.2. The van der Waals surface area contributed by atoms with E-state index in [0.717, 1.165) is 0 Å². The first-order valence-electron chi connectivity index (χ1n) is 8.12. The SMILES string of the molecule is C=CCn1c(SC(C)c2nc(C(C)C)no2)nc2ccccc2c1=O. The quantitative estimate of drug-likeness (QED) is 0.378. The Hall–Kier alpha value is -2.41. The van der Waals surface area contributed by atoms with E-state index in [-0.39, 0.29) is 16.7 Å². The van der Waals surface area contributed by atoms with Crippen molar-refractivity contribution in [1.82, 2.24) is 19.7 Å². The fourth-order valence-corrected chi connectivity index (χ4v) is 3.33. The van der Waals surface area contributed by atoms with Crippen LogP contribution in [0.25, 0.3) is 10.9 Å². The second kappa shape index (κ2) is 7.23. The van der Waals surface area contributed by atoms with Crippen molar-refractivity contribution in [3.05, 3.63) is 59.0 Å². The van der Waals surface area contributed by atoms with Crippen molar-refractivity contribution in [3.8, 4) is 0 Å². The molecule has 3 rings (SSSR count). The number of aromatic nitrogens is 4. The number of benzene rings is 1. The van der Waals surface area contributed by atoms with Gasteiger partial charge in [-0.3, -0.25) is 9.36 Å². The fourth-order valence-electron chi connectivity index (χ4n) is 2.38. The lowest BCUT2D eigenvalue weighted by molar-refractivity contribution is 0.372. The van der Waals surface area contributed by atoms with Crippen molar-refractivity contribution in [3.63, 3.8) is 0 Å². The summed E-state index contributed by atoms with van der Waals surface area (Å²) in [5, 5.41) is 5.09. The molecule has 0 amide bonds. The molecule has 130 valence electrons. The zero-order chi connectivity index (χ0) is 18.0. The molecule has 1 atom stereocenters. The molecule has 0 fully saturated rings. The molecule has 0 N–H and O–H groups in total. The molecular weight excluding hydrogens is 336 g/mol. The number of thioether (sulfide) groups is 1. The predicted molar refractivity (Wildman–Crippen MR) is 98.9 cm³/mol. The van der Waals surface area contributed by atoms with E-state index in [0.29, 0.717) is 34.3 Å². The molecule has 0 aliphatic carbocycles. The Labute approximate surface area is 150 Å². The van der Waals surface area contributed by atoms with Gasteiger partial charge in [-0.05, 0) is 19.1 Å². The number of nitrogens with zero attached hydrogens (tertiary/aromatic N) is 4. The summed E-state index contributed by atoms with van der Waals surface area (Å²) in [6.07, 6.45) is 1.69. The summed E-state index contributed by atoms with van der Waals surface area (Å²) in [6, 6.07) is 7.34. The maximum absolute atomic E-state index is 12.8. The van der Waals surface area contributed by atoms with Crippen LogP contribution >= 0.6 is 11.8 Å². The molecule has 0 saturated carbocycles. The van der Waals surface area contributed by atoms with E-state index in [1.54, 1.807) is 16.7 Å². The third-order valence-corrected chi connectivity index (χ3v) is 4.82. The zero-order valence-electron chi connectivity index (χ0n) is 14.5. The number of para-hydroxylation sites is 1. The number of hydrogen-bond donors (Lipinski definition) is 0. The largest absolute Gasteiger partial charge is 0.338 e. The van der Waals surface area contributed by atoms with Crippen LogP contribution in [0, 0.1) is 0 Å². The fraction of sp³-hybridized carbons (Fsp3) is 0.333. The van der Waals surface area contributed by atoms with Crippen LogP contribution in [0.5, 0.6) is 0 Å². The smallest absolute Gasteiger partial charge is 0.262 e. The van der Waals surface area contributed by atoms with Crippen molar-refractivity contribution in [2.45, 2.75) is 43.6 Å². The lowest BCUT2D eigenvalue weighted by Crippen LogP contribution is -2.23. The Kier molecular flexibility index (Phi) is 5.03. The van der Waals surface area contributed by atoms with E-state index in [1.807, 2.05) is 39.0 Å². The van der Waals surface area contributed by atoms with Crippen molar-refractivity contribution < 1.29 is 4.52 Å². The van der Waals surface area contributed by atoms with Gasteiger partial charge < -0.3 is 4.52 Å². The summed E-state index contributed by atoms with van der Waals surface area (Å²) in [5.74, 6) is 1.41. The average Bonchev–Trinajstić information content (AvgIpc) is 3.09. The van der Waals surface area contributed by atoms with Crippen LogP contribution < -0.4 is 5.56 Å². The van der Waals surface area contributed by atoms with Gasteiger partial charge in [-0.25, -0.2) is 4.98 Å². The molecule has 7 heteroatoms. The molecule has 2 heterocycles. The zero-order valence-corrected chi connectivity index (χ0v) is 15.3. The van der Waals surface area contributed by atoms with Gasteiger partial charge in [0.2, 0.25) is 5.89 Å². The van der Waals surface area contributed by atoms with E-state index >= 15 is 0 Å². The first-order chi connectivity index (χ1) is 12.0. The van der Waals surface area contributed by atoms with E-state index in [4.69, 9.17) is 4.52 Å². The normalized spacial score (nSPS) is 12.6. The van der Waals surface area contributed by atoms with Gasteiger partial charge in [0.05, 0.1) is 16.2 Å². The van der Waals surface area contributed by atoms with Crippen LogP contribution in [0.4, 0.5) is 0 Å². The molecule has 0 saturated heterocycles. The van der Waals surface area contributed by atoms with Gasteiger partial charge in [-0.1, -0.05) is 49.0 Å². The van der Waals surface area contributed by atoms with Crippen molar-refractivity contribution in [2.75, 3.05) is 0 Å². The summed E-state index contributed by atoms with van der Waals surface area (Å²) in [6.45, 7) is 10.1. The summed E-state index contributed by atoms with van der Waals surface area (Å²) >= 11 is 1.43. The molecule has 0 radical (unpaired) electrons. The van der Waals surface area contributed by atoms with E-state index in [1.165, 1.54) is 11.8 Å². The first kappa shape index (κ1) is 17.4. The van der Waals surface area contributed by atoms with E-state index in [2.05, 4.69) is 21.7 Å². The minimum absolute atomic E-state index is 0.0754. The summed E-state index contributed by atoms with van der Waals surface area (Å²) in [4.78, 5) is 21.8. The maximum Gasteiger partial charge on any atom is 0.262 e. The van der Waals surface area contributed by atoms with Crippen LogP contribution in [-0.4, -0.2) is 19.7 Å². The van der Waals surface area contributed by atoms with Crippen molar-refractivity contribution >= 4 is 22.7 Å². The van der Waals surface area contributed by atoms with Gasteiger partial charge in [0, 0.05) is 12.5 Å². The molecule has 0 spiro atoms. The van der Waals surface area contributed by atoms with Crippen LogP contribution in [0.15, 0.2) is 51.4 Å². The van der Waals surface area contributed by atoms with Crippen LogP contribution in [-0.2, 0) is 6.54 Å².